The Morgan fingerprint density at radius 2 is 1.79 bits per heavy atom. The number of ether oxygens (including phenoxy) is 1. The van der Waals surface area contributed by atoms with E-state index in [1.807, 2.05) is 18.8 Å². The molecule has 13 heteroatoms. The summed E-state index contributed by atoms with van der Waals surface area (Å²) in [5.74, 6) is 0.451. The van der Waals surface area contributed by atoms with Crippen molar-refractivity contribution < 1.29 is 14.3 Å². The second kappa shape index (κ2) is 11.1. The van der Waals surface area contributed by atoms with E-state index in [4.69, 9.17) is 42.8 Å². The van der Waals surface area contributed by atoms with Crippen molar-refractivity contribution in [3.05, 3.63) is 77.4 Å². The molecule has 0 aliphatic carbocycles. The van der Waals surface area contributed by atoms with E-state index in [0.717, 1.165) is 11.1 Å². The van der Waals surface area contributed by atoms with Gasteiger partial charge >= 0.3 is 11.8 Å². The van der Waals surface area contributed by atoms with Crippen molar-refractivity contribution in [1.82, 2.24) is 19.3 Å². The van der Waals surface area contributed by atoms with Crippen molar-refractivity contribution in [3.63, 3.8) is 0 Å². The molecular formula is C20H15Cl2N5O6. The van der Waals surface area contributed by atoms with Gasteiger partial charge in [-0.15, -0.1) is 5.10 Å². The van der Waals surface area contributed by atoms with E-state index in [1.165, 1.54) is 24.3 Å². The number of nitriles is 1. The van der Waals surface area contributed by atoms with Crippen molar-refractivity contribution in [2.24, 2.45) is 0 Å². The van der Waals surface area contributed by atoms with Crippen LogP contribution in [0.2, 0.25) is 10.0 Å². The Kier molecular flexibility index (Phi) is 8.48. The third-order valence-corrected chi connectivity index (χ3v) is 4.92. The van der Waals surface area contributed by atoms with Gasteiger partial charge in [0, 0.05) is 12.1 Å². The van der Waals surface area contributed by atoms with Crippen LogP contribution in [-0.4, -0.2) is 25.5 Å². The maximum absolute atomic E-state index is 12.1. The number of carbonyl (C=O) groups excluding carboxylic acids is 2. The number of H-pyrrole nitrogens is 1. The topological polar surface area (TPSA) is 157 Å². The Balaban J connectivity index is 0.00000122. The van der Waals surface area contributed by atoms with Gasteiger partial charge in [0.15, 0.2) is 5.75 Å². The van der Waals surface area contributed by atoms with Gasteiger partial charge in [0.2, 0.25) is 5.69 Å². The maximum atomic E-state index is 12.1. The van der Waals surface area contributed by atoms with E-state index in [-0.39, 0.29) is 39.2 Å². The molecule has 0 saturated heterocycles. The van der Waals surface area contributed by atoms with Gasteiger partial charge in [0.1, 0.15) is 11.8 Å². The molecule has 1 unspecified atom stereocenters. The summed E-state index contributed by atoms with van der Waals surface area (Å²) in [6.45, 7) is 3.87. The lowest BCUT2D eigenvalue weighted by Crippen LogP contribution is -2.33. The zero-order valence-electron chi connectivity index (χ0n) is 17.2. The highest BCUT2D eigenvalue weighted by molar-refractivity contribution is 6.37. The quantitative estimate of drug-likeness (QED) is 0.569. The van der Waals surface area contributed by atoms with Crippen LogP contribution in [-0.2, 0) is 9.59 Å². The molecule has 170 valence electrons. The zero-order chi connectivity index (χ0) is 24.7. The van der Waals surface area contributed by atoms with Crippen LogP contribution in [0.25, 0.3) is 5.69 Å². The fourth-order valence-corrected chi connectivity index (χ4v) is 3.17. The van der Waals surface area contributed by atoms with Gasteiger partial charge in [-0.3, -0.25) is 14.6 Å². The molecule has 0 spiro atoms. The van der Waals surface area contributed by atoms with E-state index < -0.39 is 16.9 Å². The van der Waals surface area contributed by atoms with E-state index in [0.29, 0.717) is 5.75 Å². The number of hydrogen-bond donors (Lipinski definition) is 1. The second-order valence-electron chi connectivity index (χ2n) is 6.42. The summed E-state index contributed by atoms with van der Waals surface area (Å²) in [6.07, 6.45) is 2.56. The second-order valence-corrected chi connectivity index (χ2v) is 7.24. The first-order chi connectivity index (χ1) is 15.7. The molecule has 2 heterocycles. The molecular weight excluding hydrogens is 477 g/mol. The average molecular weight is 492 g/mol. The molecule has 1 atom stereocenters. The van der Waals surface area contributed by atoms with Crippen molar-refractivity contribution in [2.45, 2.75) is 26.3 Å². The van der Waals surface area contributed by atoms with Gasteiger partial charge in [-0.2, -0.15) is 19.5 Å². The number of pyridine rings is 1. The summed E-state index contributed by atoms with van der Waals surface area (Å²) in [5, 5.41) is 12.8. The van der Waals surface area contributed by atoms with Crippen LogP contribution in [0.3, 0.4) is 0 Å². The van der Waals surface area contributed by atoms with Crippen LogP contribution >= 0.6 is 23.2 Å². The minimum Gasteiger partial charge on any atom is -0.453 e. The summed E-state index contributed by atoms with van der Waals surface area (Å²) in [7, 11) is 0. The first-order valence-electron chi connectivity index (χ1n) is 9.19. The van der Waals surface area contributed by atoms with Gasteiger partial charge < -0.3 is 9.30 Å². The van der Waals surface area contributed by atoms with E-state index in [2.05, 4.69) is 5.10 Å². The molecule has 3 aromatic rings. The van der Waals surface area contributed by atoms with Crippen LogP contribution in [0.5, 0.6) is 11.5 Å². The Labute approximate surface area is 195 Å². The number of benzene rings is 1. The van der Waals surface area contributed by atoms with Gasteiger partial charge in [-0.05, 0) is 31.5 Å². The average Bonchev–Trinajstić information content (AvgIpc) is 2.77. The molecule has 0 bridgehead atoms. The lowest BCUT2D eigenvalue weighted by Gasteiger charge is -2.16. The van der Waals surface area contributed by atoms with Crippen LogP contribution in [0, 0.1) is 11.3 Å². The van der Waals surface area contributed by atoms with E-state index in [9.17, 15) is 14.4 Å². The first kappa shape index (κ1) is 25.3. The molecule has 33 heavy (non-hydrogen) atoms. The summed E-state index contributed by atoms with van der Waals surface area (Å²) in [5.41, 5.74) is -2.29. The highest BCUT2D eigenvalue weighted by Gasteiger charge is 2.16. The monoisotopic (exact) mass is 491 g/mol. The highest BCUT2D eigenvalue weighted by atomic mass is 35.5. The number of hydrogen-bond acceptors (Lipinski definition) is 8. The lowest BCUT2D eigenvalue weighted by atomic mass is 10.2. The minimum atomic E-state index is -0.896. The summed E-state index contributed by atoms with van der Waals surface area (Å²) >= 11 is 12.6. The number of halogens is 2. The standard InChI is InChI=1S/C19H15Cl2N5O4.CO2/c1-3-10(2)25-9-12(4-5-16(25)27)30-17-13(20)6-11(7-14(17)21)26-19(29)23-18(28)15(8-22)24-26;2-1-3/h4-7,9-10H,3H2,1-2H3,(H,23,28,29);. The summed E-state index contributed by atoms with van der Waals surface area (Å²) < 4.78 is 8.11. The van der Waals surface area contributed by atoms with Crippen molar-refractivity contribution in [1.29, 1.82) is 5.26 Å². The third kappa shape index (κ3) is 5.84. The molecule has 3 rings (SSSR count). The normalized spacial score (nSPS) is 10.9. The largest absolute Gasteiger partial charge is 0.453 e. The predicted octanol–water partition coefficient (Wildman–Crippen LogP) is 2.44. The molecule has 0 amide bonds. The van der Waals surface area contributed by atoms with Gasteiger partial charge in [-0.25, -0.2) is 4.79 Å². The Hall–Kier alpha value is -3.97. The van der Waals surface area contributed by atoms with E-state index in [1.54, 1.807) is 16.8 Å². The SMILES string of the molecule is CCC(C)n1cc(Oc2c(Cl)cc(-n3nc(C#N)c(=O)[nH]c3=O)cc2Cl)ccc1=O.O=C=O. The Morgan fingerprint density at radius 3 is 2.33 bits per heavy atom. The lowest BCUT2D eigenvalue weighted by molar-refractivity contribution is -0.191. The van der Waals surface area contributed by atoms with Crippen LogP contribution in [0.1, 0.15) is 32.0 Å². The van der Waals surface area contributed by atoms with Crippen molar-refractivity contribution in [3.8, 4) is 23.3 Å². The molecule has 0 fully saturated rings. The molecule has 1 N–H and O–H groups in total. The number of rotatable bonds is 5. The number of nitrogens with one attached hydrogen (secondary N) is 1. The summed E-state index contributed by atoms with van der Waals surface area (Å²) in [6, 6.07) is 7.14. The fraction of sp³-hybridized carbons (Fsp3) is 0.200. The van der Waals surface area contributed by atoms with Crippen molar-refractivity contribution >= 4 is 29.4 Å². The number of nitrogens with zero attached hydrogens (tertiary/aromatic N) is 4. The van der Waals surface area contributed by atoms with Gasteiger partial charge in [-0.1, -0.05) is 30.1 Å². The van der Waals surface area contributed by atoms with Gasteiger partial charge in [0.05, 0.1) is 21.9 Å². The highest BCUT2D eigenvalue weighted by Crippen LogP contribution is 2.38. The molecule has 11 nitrogen and oxygen atoms in total. The van der Waals surface area contributed by atoms with Gasteiger partial charge in [0.25, 0.3) is 11.1 Å². The Bertz CT molecular complexity index is 1410. The molecule has 2 aromatic heterocycles. The van der Waals surface area contributed by atoms with Crippen LogP contribution in [0.4, 0.5) is 0 Å². The zero-order valence-corrected chi connectivity index (χ0v) is 18.7. The maximum Gasteiger partial charge on any atom is 0.373 e. The number of aromatic nitrogens is 4. The fourth-order valence-electron chi connectivity index (χ4n) is 2.62. The molecule has 1 aromatic carbocycles. The molecule has 0 aliphatic heterocycles. The Morgan fingerprint density at radius 1 is 1.18 bits per heavy atom. The molecule has 0 radical (unpaired) electrons. The number of aromatic amines is 1. The third-order valence-electron chi connectivity index (χ3n) is 4.36. The predicted molar refractivity (Wildman–Crippen MR) is 116 cm³/mol. The summed E-state index contributed by atoms with van der Waals surface area (Å²) in [4.78, 5) is 53.9. The minimum absolute atomic E-state index is 0.0260. The molecule has 0 saturated carbocycles. The smallest absolute Gasteiger partial charge is 0.373 e. The van der Waals surface area contributed by atoms with Crippen LogP contribution in [0.15, 0.2) is 44.8 Å². The first-order valence-corrected chi connectivity index (χ1v) is 9.94. The molecule has 0 aliphatic rings. The van der Waals surface area contributed by atoms with E-state index >= 15 is 0 Å². The van der Waals surface area contributed by atoms with Crippen molar-refractivity contribution in [2.75, 3.05) is 0 Å². The van der Waals surface area contributed by atoms with Crippen LogP contribution < -0.4 is 21.5 Å².